The summed E-state index contributed by atoms with van der Waals surface area (Å²) in [7, 11) is -1.64. The first-order chi connectivity index (χ1) is 6.61. The van der Waals surface area contributed by atoms with Crippen molar-refractivity contribution in [1.82, 2.24) is 0 Å². The molecule has 0 amide bonds. The van der Waals surface area contributed by atoms with Crippen LogP contribution in [0.1, 0.15) is 39.5 Å². The molecule has 0 heterocycles. The van der Waals surface area contributed by atoms with Gasteiger partial charge in [-0.3, -0.25) is 4.57 Å². The average molecular weight is 223 g/mol. The Morgan fingerprint density at radius 3 is 2.43 bits per heavy atom. The van der Waals surface area contributed by atoms with Gasteiger partial charge in [0.15, 0.2) is 0 Å². The lowest BCUT2D eigenvalue weighted by Crippen LogP contribution is -2.11. The van der Waals surface area contributed by atoms with Crippen molar-refractivity contribution in [3.05, 3.63) is 0 Å². The lowest BCUT2D eigenvalue weighted by molar-refractivity contribution is 0.233. The molecule has 2 atom stereocenters. The molecular formula is C9H22NO3P. The second kappa shape index (κ2) is 7.41. The van der Waals surface area contributed by atoms with Crippen LogP contribution in [0.4, 0.5) is 0 Å². The van der Waals surface area contributed by atoms with Crippen LogP contribution in [-0.4, -0.2) is 13.3 Å². The predicted octanol–water partition coefficient (Wildman–Crippen LogP) is 2.93. The fraction of sp³-hybridized carbons (Fsp3) is 1.00. The predicted molar refractivity (Wildman–Crippen MR) is 58.1 cm³/mol. The molecule has 0 bridgehead atoms. The molecule has 0 aromatic carbocycles. The molecule has 14 heavy (non-hydrogen) atoms. The van der Waals surface area contributed by atoms with Crippen molar-refractivity contribution < 1.29 is 13.7 Å². The van der Waals surface area contributed by atoms with Gasteiger partial charge in [-0.25, -0.2) is 10.5 Å². The maximum atomic E-state index is 11.7. The van der Waals surface area contributed by atoms with Crippen LogP contribution in [0.2, 0.25) is 0 Å². The molecule has 0 aliphatic heterocycles. The van der Waals surface area contributed by atoms with Gasteiger partial charge >= 0.3 is 7.60 Å². The largest absolute Gasteiger partial charge is 0.346 e. The topological polar surface area (TPSA) is 61.5 Å². The summed E-state index contributed by atoms with van der Waals surface area (Å²) in [5, 5.41) is 0. The molecule has 0 fully saturated rings. The molecule has 4 nitrogen and oxygen atoms in total. The third kappa shape index (κ3) is 5.11. The highest BCUT2D eigenvalue weighted by Crippen LogP contribution is 2.48. The smallest absolute Gasteiger partial charge is 0.311 e. The molecule has 0 aliphatic carbocycles. The summed E-state index contributed by atoms with van der Waals surface area (Å²) in [5.41, 5.74) is 0. The standard InChI is InChI=1S/C9H22NO3P/c1-4-6-7-9(5-2)8-14(11,12-3)13-10/h9H,4-8,10H2,1-3H3. The van der Waals surface area contributed by atoms with Crippen LogP contribution >= 0.6 is 7.60 Å². The van der Waals surface area contributed by atoms with Crippen LogP contribution in [0, 0.1) is 5.92 Å². The maximum absolute atomic E-state index is 11.7. The molecule has 0 saturated carbocycles. The highest BCUT2D eigenvalue weighted by atomic mass is 31.2. The fourth-order valence-corrected chi connectivity index (χ4v) is 2.79. The molecule has 0 aliphatic rings. The molecule has 5 heteroatoms. The summed E-state index contributed by atoms with van der Waals surface area (Å²) in [6.07, 6.45) is 4.76. The minimum Gasteiger partial charge on any atom is -0.311 e. The Bertz CT molecular complexity index is 179. The molecule has 2 unspecified atom stereocenters. The van der Waals surface area contributed by atoms with E-state index in [-0.39, 0.29) is 0 Å². The second-order valence-corrected chi connectivity index (χ2v) is 5.66. The van der Waals surface area contributed by atoms with Gasteiger partial charge in [-0.2, -0.15) is 0 Å². The summed E-state index contributed by atoms with van der Waals surface area (Å²) < 4.78 is 21.0. The van der Waals surface area contributed by atoms with Crippen LogP contribution in [0.15, 0.2) is 0 Å². The zero-order valence-electron chi connectivity index (χ0n) is 9.36. The van der Waals surface area contributed by atoms with Crippen molar-refractivity contribution in [2.75, 3.05) is 13.3 Å². The number of hydrogen-bond donors (Lipinski definition) is 1. The summed E-state index contributed by atoms with van der Waals surface area (Å²) in [6, 6.07) is 0. The quantitative estimate of drug-likeness (QED) is 0.507. The van der Waals surface area contributed by atoms with Crippen LogP contribution in [0.25, 0.3) is 0 Å². The van der Waals surface area contributed by atoms with E-state index in [0.29, 0.717) is 12.1 Å². The first kappa shape index (κ1) is 14.1. The van der Waals surface area contributed by atoms with Gasteiger partial charge in [0.05, 0.1) is 6.16 Å². The number of rotatable bonds is 8. The molecule has 86 valence electrons. The van der Waals surface area contributed by atoms with E-state index in [2.05, 4.69) is 18.5 Å². The zero-order chi connectivity index (χ0) is 11.0. The van der Waals surface area contributed by atoms with Crippen molar-refractivity contribution in [3.8, 4) is 0 Å². The van der Waals surface area contributed by atoms with Gasteiger partial charge < -0.3 is 4.52 Å². The number of nitrogens with two attached hydrogens (primary N) is 1. The van der Waals surface area contributed by atoms with Gasteiger partial charge in [0.1, 0.15) is 0 Å². The van der Waals surface area contributed by atoms with Gasteiger partial charge in [0.2, 0.25) is 0 Å². The molecule has 0 aromatic heterocycles. The number of hydrogen-bond acceptors (Lipinski definition) is 4. The van der Waals surface area contributed by atoms with Crippen molar-refractivity contribution in [2.24, 2.45) is 11.8 Å². The van der Waals surface area contributed by atoms with E-state index >= 15 is 0 Å². The highest BCUT2D eigenvalue weighted by molar-refractivity contribution is 7.53. The van der Waals surface area contributed by atoms with E-state index < -0.39 is 7.60 Å². The molecule has 0 radical (unpaired) electrons. The lowest BCUT2D eigenvalue weighted by Gasteiger charge is -2.19. The van der Waals surface area contributed by atoms with Gasteiger partial charge in [-0.15, -0.1) is 0 Å². The van der Waals surface area contributed by atoms with Gasteiger partial charge in [-0.05, 0) is 12.3 Å². The van der Waals surface area contributed by atoms with Crippen LogP contribution in [-0.2, 0) is 13.7 Å². The Morgan fingerprint density at radius 1 is 1.43 bits per heavy atom. The molecule has 2 N–H and O–H groups in total. The van der Waals surface area contributed by atoms with Crippen LogP contribution < -0.4 is 5.90 Å². The van der Waals surface area contributed by atoms with E-state index in [4.69, 9.17) is 10.4 Å². The zero-order valence-corrected chi connectivity index (χ0v) is 10.3. The normalized spacial score (nSPS) is 17.7. The summed E-state index contributed by atoms with van der Waals surface area (Å²) >= 11 is 0. The third-order valence-electron chi connectivity index (χ3n) is 2.46. The minimum absolute atomic E-state index is 0.379. The van der Waals surface area contributed by atoms with E-state index in [9.17, 15) is 4.57 Å². The molecule has 0 aromatic rings. The third-order valence-corrected chi connectivity index (χ3v) is 4.31. The van der Waals surface area contributed by atoms with Crippen LogP contribution in [0.5, 0.6) is 0 Å². The first-order valence-corrected chi connectivity index (χ1v) is 6.87. The molecule has 0 saturated heterocycles. The Balaban J connectivity index is 4.08. The summed E-state index contributed by atoms with van der Waals surface area (Å²) in [6.45, 7) is 4.22. The number of unbranched alkanes of at least 4 members (excludes halogenated alkanes) is 1. The minimum atomic E-state index is -3.02. The molecule has 0 spiro atoms. The van der Waals surface area contributed by atoms with Crippen molar-refractivity contribution in [3.63, 3.8) is 0 Å². The molecule has 0 rings (SSSR count). The van der Waals surface area contributed by atoms with Crippen molar-refractivity contribution in [1.29, 1.82) is 0 Å². The summed E-state index contributed by atoms with van der Waals surface area (Å²) in [5.74, 6) is 5.34. The molecular weight excluding hydrogens is 201 g/mol. The van der Waals surface area contributed by atoms with Crippen molar-refractivity contribution in [2.45, 2.75) is 39.5 Å². The van der Waals surface area contributed by atoms with Gasteiger partial charge in [0, 0.05) is 7.11 Å². The Labute approximate surface area is 86.6 Å². The SMILES string of the molecule is CCCCC(CC)CP(=O)(OC)ON. The Morgan fingerprint density at radius 2 is 2.07 bits per heavy atom. The average Bonchev–Trinajstić information content (AvgIpc) is 2.23. The van der Waals surface area contributed by atoms with E-state index in [1.165, 1.54) is 7.11 Å². The lowest BCUT2D eigenvalue weighted by atomic mass is 10.0. The van der Waals surface area contributed by atoms with Gasteiger partial charge in [-0.1, -0.05) is 33.1 Å². The van der Waals surface area contributed by atoms with E-state index in [1.54, 1.807) is 0 Å². The monoisotopic (exact) mass is 223 g/mol. The fourth-order valence-electron chi connectivity index (χ4n) is 1.39. The highest BCUT2D eigenvalue weighted by Gasteiger charge is 2.26. The van der Waals surface area contributed by atoms with Gasteiger partial charge in [0.25, 0.3) is 0 Å². The first-order valence-electron chi connectivity index (χ1n) is 5.15. The second-order valence-electron chi connectivity index (χ2n) is 3.50. The van der Waals surface area contributed by atoms with E-state index in [0.717, 1.165) is 25.7 Å². The van der Waals surface area contributed by atoms with Crippen molar-refractivity contribution >= 4 is 7.60 Å². The maximum Gasteiger partial charge on any atom is 0.346 e. The summed E-state index contributed by atoms with van der Waals surface area (Å²) in [4.78, 5) is 0. The van der Waals surface area contributed by atoms with E-state index in [1.807, 2.05) is 0 Å². The Hall–Kier alpha value is 0.110. The van der Waals surface area contributed by atoms with Crippen LogP contribution in [0.3, 0.4) is 0 Å². The Kier molecular flexibility index (Phi) is 7.47.